The number of carbonyl (C=O) groups is 1. The lowest BCUT2D eigenvalue weighted by molar-refractivity contribution is -0.136. The van der Waals surface area contributed by atoms with Crippen LogP contribution in [0.25, 0.3) is 0 Å². The van der Waals surface area contributed by atoms with Crippen molar-refractivity contribution in [3.63, 3.8) is 0 Å². The zero-order valence-corrected chi connectivity index (χ0v) is 21.5. The van der Waals surface area contributed by atoms with E-state index in [1.54, 1.807) is 6.08 Å². The molecule has 0 radical (unpaired) electrons. The van der Waals surface area contributed by atoms with E-state index in [1.807, 2.05) is 4.90 Å². The molecule has 2 fully saturated rings. The molecule has 0 aromatic rings. The molecule has 0 aromatic heterocycles. The summed E-state index contributed by atoms with van der Waals surface area (Å²) < 4.78 is 0. The lowest BCUT2D eigenvalue weighted by Crippen LogP contribution is -2.55. The molecule has 1 aliphatic carbocycles. The van der Waals surface area contributed by atoms with Crippen LogP contribution >= 0.6 is 0 Å². The molecule has 4 N–H and O–H groups in total. The zero-order valence-electron chi connectivity index (χ0n) is 21.5. The van der Waals surface area contributed by atoms with Gasteiger partial charge in [0.25, 0.3) is 0 Å². The van der Waals surface area contributed by atoms with Gasteiger partial charge in [0.1, 0.15) is 0 Å². The predicted molar refractivity (Wildman–Crippen MR) is 144 cm³/mol. The van der Waals surface area contributed by atoms with Gasteiger partial charge in [-0.2, -0.15) is 0 Å². The van der Waals surface area contributed by atoms with E-state index in [2.05, 4.69) is 56.7 Å². The summed E-state index contributed by atoms with van der Waals surface area (Å²) in [5.41, 5.74) is 8.94. The van der Waals surface area contributed by atoms with Crippen molar-refractivity contribution in [2.45, 2.75) is 89.8 Å². The normalized spacial score (nSPS) is 23.3. The van der Waals surface area contributed by atoms with Crippen molar-refractivity contribution >= 4 is 5.91 Å². The van der Waals surface area contributed by atoms with Crippen molar-refractivity contribution in [1.29, 1.82) is 0 Å². The largest absolute Gasteiger partial charge is 0.382 e. The van der Waals surface area contributed by atoms with Crippen LogP contribution in [-0.2, 0) is 4.79 Å². The Hall–Kier alpha value is -2.45. The minimum atomic E-state index is -0.478. The average Bonchev–Trinajstić information content (AvgIpc) is 3.28. The average molecular weight is 467 g/mol. The first-order valence-electron chi connectivity index (χ1n) is 12.9. The Bertz CT molecular complexity index is 801. The fourth-order valence-electron chi connectivity index (χ4n) is 5.34. The van der Waals surface area contributed by atoms with Crippen LogP contribution in [-0.4, -0.2) is 42.0 Å². The molecule has 2 aliphatic rings. The third-order valence-electron chi connectivity index (χ3n) is 7.87. The van der Waals surface area contributed by atoms with Gasteiger partial charge in [0.05, 0.1) is 18.1 Å². The van der Waals surface area contributed by atoms with Crippen molar-refractivity contribution in [3.8, 4) is 12.3 Å². The Kier molecular flexibility index (Phi) is 10.5. The van der Waals surface area contributed by atoms with Crippen LogP contribution < -0.4 is 16.4 Å². The number of nitrogens with two attached hydrogens (primary N) is 1. The maximum absolute atomic E-state index is 13.7. The van der Waals surface area contributed by atoms with E-state index >= 15 is 0 Å². The van der Waals surface area contributed by atoms with Crippen LogP contribution in [0.5, 0.6) is 0 Å². The molecular weight excluding hydrogens is 420 g/mol. The van der Waals surface area contributed by atoms with Crippen LogP contribution in [0.4, 0.5) is 0 Å². The van der Waals surface area contributed by atoms with E-state index < -0.39 is 6.04 Å². The van der Waals surface area contributed by atoms with Crippen molar-refractivity contribution in [1.82, 2.24) is 15.5 Å². The second-order valence-electron chi connectivity index (χ2n) is 10.3. The molecule has 0 bridgehead atoms. The van der Waals surface area contributed by atoms with Gasteiger partial charge in [-0.15, -0.1) is 18.9 Å². The van der Waals surface area contributed by atoms with Gasteiger partial charge in [0.2, 0.25) is 5.91 Å². The summed E-state index contributed by atoms with van der Waals surface area (Å²) in [5, 5.41) is 6.77. The van der Waals surface area contributed by atoms with Gasteiger partial charge in [-0.1, -0.05) is 65.3 Å². The van der Waals surface area contributed by atoms with E-state index in [9.17, 15) is 4.79 Å². The number of nitrogens with zero attached hydrogens (tertiary/aromatic N) is 1. The molecule has 0 aromatic carbocycles. The number of carbonyl (C=O) groups excluding carboxylic acids is 1. The number of likely N-dealkylation sites (tertiary alicyclic amines) is 1. The fourth-order valence-corrected chi connectivity index (χ4v) is 5.34. The second kappa shape index (κ2) is 12.9. The van der Waals surface area contributed by atoms with Gasteiger partial charge in [-0.25, -0.2) is 0 Å². The van der Waals surface area contributed by atoms with E-state index in [0.717, 1.165) is 62.0 Å². The highest BCUT2D eigenvalue weighted by molar-refractivity contribution is 5.83. The molecule has 1 saturated carbocycles. The van der Waals surface area contributed by atoms with E-state index in [-0.39, 0.29) is 23.4 Å². The summed E-state index contributed by atoms with van der Waals surface area (Å²) in [6.45, 7) is 22.2. The number of nitrogens with one attached hydrogen (secondary N) is 2. The Labute approximate surface area is 208 Å². The maximum Gasteiger partial charge on any atom is 0.240 e. The van der Waals surface area contributed by atoms with Crippen LogP contribution in [0.15, 0.2) is 49.4 Å². The van der Waals surface area contributed by atoms with E-state index in [1.165, 1.54) is 6.42 Å². The molecule has 1 saturated heterocycles. The van der Waals surface area contributed by atoms with Gasteiger partial charge in [0, 0.05) is 30.9 Å². The summed E-state index contributed by atoms with van der Waals surface area (Å²) in [7, 11) is 0. The Balaban J connectivity index is 2.18. The van der Waals surface area contributed by atoms with Crippen LogP contribution in [0, 0.1) is 23.7 Å². The predicted octanol–water partition coefficient (Wildman–Crippen LogP) is 4.64. The Morgan fingerprint density at radius 3 is 2.56 bits per heavy atom. The van der Waals surface area contributed by atoms with Crippen molar-refractivity contribution < 1.29 is 4.79 Å². The molecule has 4 atom stereocenters. The van der Waals surface area contributed by atoms with Gasteiger partial charge in [-0.05, 0) is 42.6 Å². The summed E-state index contributed by atoms with van der Waals surface area (Å²) in [5.74, 6) is 3.22. The summed E-state index contributed by atoms with van der Waals surface area (Å²) in [4.78, 5) is 15.7. The molecule has 0 spiro atoms. The molecule has 188 valence electrons. The minimum absolute atomic E-state index is 0.0596. The molecule has 2 rings (SSSR count). The Morgan fingerprint density at radius 2 is 1.97 bits per heavy atom. The highest BCUT2D eigenvalue weighted by atomic mass is 16.2. The number of terminal acetylenes is 1. The highest BCUT2D eigenvalue weighted by Gasteiger charge is 2.44. The number of hydrogen-bond donors (Lipinski definition) is 3. The monoisotopic (exact) mass is 466 g/mol. The molecule has 1 amide bonds. The molecule has 1 heterocycles. The van der Waals surface area contributed by atoms with Crippen molar-refractivity contribution in [2.24, 2.45) is 17.1 Å². The number of amides is 1. The number of rotatable bonds is 13. The lowest BCUT2D eigenvalue weighted by Gasteiger charge is -2.41. The topological polar surface area (TPSA) is 70.4 Å². The SMILES string of the molecule is C#CCCC(NC(=C)C1C[C@@H](CC)CN1C(=O)C(N)C1(C)CCCCC1)C(=C)C(=C)NCC=C. The van der Waals surface area contributed by atoms with Gasteiger partial charge >= 0.3 is 0 Å². The molecule has 3 unspecified atom stereocenters. The van der Waals surface area contributed by atoms with E-state index in [0.29, 0.717) is 25.3 Å². The maximum atomic E-state index is 13.7. The molecular formula is C29H46N4O. The molecule has 5 nitrogen and oxygen atoms in total. The fraction of sp³-hybridized carbons (Fsp3) is 0.621. The second-order valence-corrected chi connectivity index (χ2v) is 10.3. The molecule has 5 heteroatoms. The third-order valence-corrected chi connectivity index (χ3v) is 7.87. The summed E-state index contributed by atoms with van der Waals surface area (Å²) in [6, 6.07) is -0.685. The van der Waals surface area contributed by atoms with Crippen LogP contribution in [0.2, 0.25) is 0 Å². The van der Waals surface area contributed by atoms with Crippen molar-refractivity contribution in [2.75, 3.05) is 13.1 Å². The quantitative estimate of drug-likeness (QED) is 0.210. The van der Waals surface area contributed by atoms with Gasteiger partial charge in [-0.3, -0.25) is 4.79 Å². The van der Waals surface area contributed by atoms with Gasteiger partial charge in [0.15, 0.2) is 0 Å². The molecule has 34 heavy (non-hydrogen) atoms. The zero-order chi connectivity index (χ0) is 25.3. The van der Waals surface area contributed by atoms with Crippen LogP contribution in [0.3, 0.4) is 0 Å². The lowest BCUT2D eigenvalue weighted by atomic mass is 9.70. The summed E-state index contributed by atoms with van der Waals surface area (Å²) in [6.07, 6.45) is 16.1. The molecule has 1 aliphatic heterocycles. The highest BCUT2D eigenvalue weighted by Crippen LogP contribution is 2.40. The van der Waals surface area contributed by atoms with Gasteiger partial charge < -0.3 is 21.3 Å². The summed E-state index contributed by atoms with van der Waals surface area (Å²) >= 11 is 0. The first-order valence-corrected chi connectivity index (χ1v) is 12.9. The van der Waals surface area contributed by atoms with Crippen LogP contribution in [0.1, 0.15) is 71.6 Å². The first-order chi connectivity index (χ1) is 16.2. The first kappa shape index (κ1) is 27.8. The Morgan fingerprint density at radius 1 is 1.29 bits per heavy atom. The smallest absolute Gasteiger partial charge is 0.240 e. The number of hydrogen-bond acceptors (Lipinski definition) is 4. The standard InChI is InChI=1S/C29H46N4O/c1-8-11-15-25(21(4)22(5)31-18-9-2)32-23(6)26-19-24(10-3)20-33(26)28(34)27(30)29(7)16-13-12-14-17-29/h1,9,24-27,31-32H,2,4-6,10-20,30H2,3,7H3/t24-,25?,26?,27?/m1/s1. The van der Waals surface area contributed by atoms with E-state index in [4.69, 9.17) is 12.2 Å². The third kappa shape index (κ3) is 6.79. The minimum Gasteiger partial charge on any atom is -0.382 e. The van der Waals surface area contributed by atoms with Crippen molar-refractivity contribution in [3.05, 3.63) is 49.4 Å².